The van der Waals surface area contributed by atoms with Gasteiger partial charge in [-0.15, -0.1) is 0 Å². The molecule has 0 atom stereocenters. The minimum atomic E-state index is -0.513. The third-order valence-corrected chi connectivity index (χ3v) is 3.65. The molecule has 128 valence electrons. The number of benzene rings is 1. The first-order valence-corrected chi connectivity index (χ1v) is 7.53. The third kappa shape index (κ3) is 3.27. The SMILES string of the molecule is COc1ccc(C)cc1-n1ccc(C(=O)Nc2nccn(C)c2=O)n1. The molecule has 0 radical (unpaired) electrons. The molecule has 0 aliphatic heterocycles. The number of ether oxygens (including phenoxy) is 1. The highest BCUT2D eigenvalue weighted by molar-refractivity contribution is 6.02. The number of carbonyl (C=O) groups excluding carboxylic acids is 1. The second-order valence-electron chi connectivity index (χ2n) is 5.47. The molecular weight excluding hydrogens is 322 g/mol. The Morgan fingerprint density at radius 1 is 1.24 bits per heavy atom. The van der Waals surface area contributed by atoms with Gasteiger partial charge < -0.3 is 14.6 Å². The van der Waals surface area contributed by atoms with Crippen molar-refractivity contribution in [1.29, 1.82) is 0 Å². The first kappa shape index (κ1) is 16.4. The summed E-state index contributed by atoms with van der Waals surface area (Å²) < 4.78 is 8.22. The zero-order valence-electron chi connectivity index (χ0n) is 14.1. The van der Waals surface area contributed by atoms with E-state index < -0.39 is 11.5 Å². The van der Waals surface area contributed by atoms with Crippen LogP contribution in [0.5, 0.6) is 5.75 Å². The molecule has 8 nitrogen and oxygen atoms in total. The number of methoxy groups -OCH3 is 1. The number of amides is 1. The van der Waals surface area contributed by atoms with E-state index in [4.69, 9.17) is 4.74 Å². The number of hydrogen-bond acceptors (Lipinski definition) is 5. The summed E-state index contributed by atoms with van der Waals surface area (Å²) in [6.07, 6.45) is 4.60. The molecule has 0 fully saturated rings. The van der Waals surface area contributed by atoms with Crippen molar-refractivity contribution in [2.24, 2.45) is 7.05 Å². The zero-order chi connectivity index (χ0) is 18.0. The lowest BCUT2D eigenvalue weighted by Gasteiger charge is -2.09. The van der Waals surface area contributed by atoms with Crippen LogP contribution in [0, 0.1) is 6.92 Å². The molecule has 0 saturated heterocycles. The summed E-state index contributed by atoms with van der Waals surface area (Å²) in [5.74, 6) is 0.0816. The number of hydrogen-bond donors (Lipinski definition) is 1. The van der Waals surface area contributed by atoms with Crippen LogP contribution >= 0.6 is 0 Å². The molecule has 3 rings (SSSR count). The number of aryl methyl sites for hydroxylation is 2. The van der Waals surface area contributed by atoms with Crippen molar-refractivity contribution in [2.45, 2.75) is 6.92 Å². The van der Waals surface area contributed by atoms with Gasteiger partial charge in [-0.05, 0) is 30.7 Å². The fourth-order valence-corrected chi connectivity index (χ4v) is 2.31. The van der Waals surface area contributed by atoms with E-state index in [0.717, 1.165) is 11.3 Å². The number of aromatic nitrogens is 4. The molecule has 0 saturated carbocycles. The molecule has 1 aromatic carbocycles. The summed E-state index contributed by atoms with van der Waals surface area (Å²) in [4.78, 5) is 28.2. The molecule has 2 aromatic heterocycles. The van der Waals surface area contributed by atoms with E-state index in [0.29, 0.717) is 5.75 Å². The minimum Gasteiger partial charge on any atom is -0.494 e. The summed E-state index contributed by atoms with van der Waals surface area (Å²) in [7, 11) is 3.15. The molecule has 3 aromatic rings. The van der Waals surface area contributed by atoms with Crippen molar-refractivity contribution >= 4 is 11.7 Å². The first-order valence-electron chi connectivity index (χ1n) is 7.53. The number of rotatable bonds is 4. The maximum absolute atomic E-state index is 12.3. The Morgan fingerprint density at radius 2 is 2.04 bits per heavy atom. The Morgan fingerprint density at radius 3 is 2.80 bits per heavy atom. The maximum Gasteiger partial charge on any atom is 0.293 e. The van der Waals surface area contributed by atoms with E-state index >= 15 is 0 Å². The minimum absolute atomic E-state index is 0.0438. The van der Waals surface area contributed by atoms with Crippen molar-refractivity contribution in [2.75, 3.05) is 12.4 Å². The average Bonchev–Trinajstić information content (AvgIpc) is 3.09. The standard InChI is InChI=1S/C17H17N5O3/c1-11-4-5-14(25-3)13(10-11)22-8-6-12(20-22)16(23)19-15-17(24)21(2)9-7-18-15/h4-10H,1-3H3,(H,18,19,23). The van der Waals surface area contributed by atoms with Gasteiger partial charge in [-0.1, -0.05) is 6.07 Å². The van der Waals surface area contributed by atoms with Crippen LogP contribution in [0.25, 0.3) is 5.69 Å². The molecule has 0 spiro atoms. The summed E-state index contributed by atoms with van der Waals surface area (Å²) >= 11 is 0. The molecular formula is C17H17N5O3. The highest BCUT2D eigenvalue weighted by Crippen LogP contribution is 2.23. The van der Waals surface area contributed by atoms with Gasteiger partial charge >= 0.3 is 0 Å². The van der Waals surface area contributed by atoms with Crippen LogP contribution in [0.3, 0.4) is 0 Å². The molecule has 2 heterocycles. The molecule has 1 N–H and O–H groups in total. The Labute approximate surface area is 143 Å². The number of nitrogens with zero attached hydrogens (tertiary/aromatic N) is 4. The number of carbonyl (C=O) groups is 1. The van der Waals surface area contributed by atoms with Crippen LogP contribution < -0.4 is 15.6 Å². The van der Waals surface area contributed by atoms with Crippen molar-refractivity contribution in [1.82, 2.24) is 19.3 Å². The van der Waals surface area contributed by atoms with Crippen molar-refractivity contribution < 1.29 is 9.53 Å². The Hall–Kier alpha value is -3.42. The van der Waals surface area contributed by atoms with Gasteiger partial charge in [0, 0.05) is 25.6 Å². The summed E-state index contributed by atoms with van der Waals surface area (Å²) in [6.45, 7) is 1.96. The summed E-state index contributed by atoms with van der Waals surface area (Å²) in [5, 5.41) is 6.75. The lowest BCUT2D eigenvalue weighted by molar-refractivity contribution is 0.102. The lowest BCUT2D eigenvalue weighted by atomic mass is 10.2. The normalized spacial score (nSPS) is 10.5. The molecule has 1 amide bonds. The van der Waals surface area contributed by atoms with Crippen LogP contribution in [0.2, 0.25) is 0 Å². The number of nitrogens with one attached hydrogen (secondary N) is 1. The molecule has 25 heavy (non-hydrogen) atoms. The Bertz CT molecular complexity index is 990. The largest absolute Gasteiger partial charge is 0.494 e. The van der Waals surface area contributed by atoms with E-state index in [1.54, 1.807) is 31.1 Å². The average molecular weight is 339 g/mol. The fourth-order valence-electron chi connectivity index (χ4n) is 2.31. The first-order chi connectivity index (χ1) is 12.0. The highest BCUT2D eigenvalue weighted by Gasteiger charge is 2.15. The van der Waals surface area contributed by atoms with Gasteiger partial charge in [0.15, 0.2) is 11.5 Å². The van der Waals surface area contributed by atoms with E-state index in [9.17, 15) is 9.59 Å². The van der Waals surface area contributed by atoms with Crippen LogP contribution in [0.4, 0.5) is 5.82 Å². The van der Waals surface area contributed by atoms with Gasteiger partial charge in [0.1, 0.15) is 11.4 Å². The van der Waals surface area contributed by atoms with Gasteiger partial charge in [-0.2, -0.15) is 5.10 Å². The van der Waals surface area contributed by atoms with E-state index in [1.165, 1.54) is 17.0 Å². The van der Waals surface area contributed by atoms with Gasteiger partial charge in [0.05, 0.1) is 7.11 Å². The van der Waals surface area contributed by atoms with E-state index in [1.807, 2.05) is 25.1 Å². The Kier molecular flexibility index (Phi) is 4.34. The summed E-state index contributed by atoms with van der Waals surface area (Å²) in [5.41, 5.74) is 1.52. The van der Waals surface area contributed by atoms with Crippen molar-refractivity contribution in [3.63, 3.8) is 0 Å². The topological polar surface area (TPSA) is 91.0 Å². The zero-order valence-corrected chi connectivity index (χ0v) is 14.1. The lowest BCUT2D eigenvalue weighted by Crippen LogP contribution is -2.25. The molecule has 0 unspecified atom stereocenters. The van der Waals surface area contributed by atoms with Crippen LogP contribution in [0.15, 0.2) is 47.7 Å². The summed E-state index contributed by atoms with van der Waals surface area (Å²) in [6, 6.07) is 7.23. The van der Waals surface area contributed by atoms with Crippen LogP contribution in [0.1, 0.15) is 16.1 Å². The third-order valence-electron chi connectivity index (χ3n) is 3.65. The smallest absolute Gasteiger partial charge is 0.293 e. The molecule has 8 heteroatoms. The van der Waals surface area contributed by atoms with Crippen LogP contribution in [-0.2, 0) is 7.05 Å². The van der Waals surface area contributed by atoms with E-state index in [2.05, 4.69) is 15.4 Å². The molecule has 0 aliphatic rings. The predicted molar refractivity (Wildman–Crippen MR) is 92.3 cm³/mol. The molecule has 0 bridgehead atoms. The van der Waals surface area contributed by atoms with Crippen molar-refractivity contribution in [3.8, 4) is 11.4 Å². The van der Waals surface area contributed by atoms with Crippen LogP contribution in [-0.4, -0.2) is 32.3 Å². The van der Waals surface area contributed by atoms with Gasteiger partial charge in [0.25, 0.3) is 11.5 Å². The van der Waals surface area contributed by atoms with E-state index in [-0.39, 0.29) is 11.5 Å². The maximum atomic E-state index is 12.3. The predicted octanol–water partition coefficient (Wildman–Crippen LogP) is 1.54. The molecule has 0 aliphatic carbocycles. The highest BCUT2D eigenvalue weighted by atomic mass is 16.5. The fraction of sp³-hybridized carbons (Fsp3) is 0.176. The quantitative estimate of drug-likeness (QED) is 0.778. The monoisotopic (exact) mass is 339 g/mol. The number of anilines is 1. The van der Waals surface area contributed by atoms with Gasteiger partial charge in [-0.25, -0.2) is 9.67 Å². The second kappa shape index (κ2) is 6.60. The van der Waals surface area contributed by atoms with Crippen molar-refractivity contribution in [3.05, 3.63) is 64.5 Å². The Balaban J connectivity index is 1.89. The second-order valence-corrected chi connectivity index (χ2v) is 5.47. The van der Waals surface area contributed by atoms with Gasteiger partial charge in [-0.3, -0.25) is 9.59 Å². The van der Waals surface area contributed by atoms with Gasteiger partial charge in [0.2, 0.25) is 0 Å².